The van der Waals surface area contributed by atoms with E-state index in [1.165, 1.54) is 31.2 Å². The molecule has 0 unspecified atom stereocenters. The maximum atomic E-state index is 5.80. The molecule has 1 fully saturated rings. The first kappa shape index (κ1) is 10.5. The maximum absolute atomic E-state index is 5.80. The fourth-order valence-electron chi connectivity index (χ4n) is 1.98. The van der Waals surface area contributed by atoms with Gasteiger partial charge >= 0.3 is 0 Å². The Hall–Kier alpha value is -1.05. The van der Waals surface area contributed by atoms with Gasteiger partial charge in [0.25, 0.3) is 0 Å². The molecule has 1 aromatic heterocycles. The standard InChI is InChI=1S/C13H19NO/c1-10(2)11-7-8-13(14-9-11)15-12-5-3-4-6-12/h7-10,12H,3-6H2,1-2H3. The van der Waals surface area contributed by atoms with Crippen molar-refractivity contribution in [3.8, 4) is 5.88 Å². The van der Waals surface area contributed by atoms with Crippen molar-refractivity contribution in [3.05, 3.63) is 23.9 Å². The summed E-state index contributed by atoms with van der Waals surface area (Å²) in [7, 11) is 0. The molecule has 0 aromatic carbocycles. The van der Waals surface area contributed by atoms with Gasteiger partial charge in [-0.05, 0) is 37.2 Å². The zero-order valence-corrected chi connectivity index (χ0v) is 9.57. The van der Waals surface area contributed by atoms with Gasteiger partial charge < -0.3 is 4.74 Å². The highest BCUT2D eigenvalue weighted by atomic mass is 16.5. The predicted molar refractivity (Wildman–Crippen MR) is 61.2 cm³/mol. The molecule has 1 aliphatic rings. The monoisotopic (exact) mass is 205 g/mol. The third-order valence-electron chi connectivity index (χ3n) is 3.02. The largest absolute Gasteiger partial charge is 0.474 e. The van der Waals surface area contributed by atoms with Gasteiger partial charge in [-0.3, -0.25) is 0 Å². The van der Waals surface area contributed by atoms with Gasteiger partial charge in [0.15, 0.2) is 0 Å². The van der Waals surface area contributed by atoms with Crippen molar-refractivity contribution in [3.63, 3.8) is 0 Å². The van der Waals surface area contributed by atoms with Gasteiger partial charge in [-0.1, -0.05) is 19.9 Å². The number of rotatable bonds is 3. The predicted octanol–water partition coefficient (Wildman–Crippen LogP) is 3.53. The van der Waals surface area contributed by atoms with Crippen LogP contribution in [0.4, 0.5) is 0 Å². The minimum absolute atomic E-state index is 0.405. The minimum Gasteiger partial charge on any atom is -0.474 e. The van der Waals surface area contributed by atoms with E-state index in [9.17, 15) is 0 Å². The number of aromatic nitrogens is 1. The van der Waals surface area contributed by atoms with Gasteiger partial charge in [0.1, 0.15) is 6.10 Å². The molecule has 82 valence electrons. The molecule has 2 heteroatoms. The van der Waals surface area contributed by atoms with E-state index in [-0.39, 0.29) is 0 Å². The van der Waals surface area contributed by atoms with E-state index in [1.807, 2.05) is 12.3 Å². The molecular weight excluding hydrogens is 186 g/mol. The smallest absolute Gasteiger partial charge is 0.213 e. The molecule has 1 heterocycles. The van der Waals surface area contributed by atoms with Crippen LogP contribution in [0.2, 0.25) is 0 Å². The molecule has 1 aromatic rings. The number of ether oxygens (including phenoxy) is 1. The molecule has 2 nitrogen and oxygen atoms in total. The van der Waals surface area contributed by atoms with Crippen LogP contribution < -0.4 is 4.74 Å². The summed E-state index contributed by atoms with van der Waals surface area (Å²) in [6.07, 6.45) is 7.31. The first-order valence-corrected chi connectivity index (χ1v) is 5.88. The summed E-state index contributed by atoms with van der Waals surface area (Å²) >= 11 is 0. The van der Waals surface area contributed by atoms with Gasteiger partial charge in [-0.25, -0.2) is 4.98 Å². The molecule has 0 radical (unpaired) electrons. The Morgan fingerprint density at radius 1 is 1.27 bits per heavy atom. The summed E-state index contributed by atoms with van der Waals surface area (Å²) in [6.45, 7) is 4.35. The average molecular weight is 205 g/mol. The normalized spacial score (nSPS) is 17.3. The average Bonchev–Trinajstić information content (AvgIpc) is 2.71. The summed E-state index contributed by atoms with van der Waals surface area (Å²) < 4.78 is 5.80. The third kappa shape index (κ3) is 2.71. The van der Waals surface area contributed by atoms with E-state index in [0.29, 0.717) is 12.0 Å². The number of nitrogens with zero attached hydrogens (tertiary/aromatic N) is 1. The molecule has 1 saturated carbocycles. The lowest BCUT2D eigenvalue weighted by Gasteiger charge is -2.12. The summed E-state index contributed by atoms with van der Waals surface area (Å²) in [5, 5.41) is 0. The maximum Gasteiger partial charge on any atom is 0.213 e. The molecule has 1 aliphatic carbocycles. The van der Waals surface area contributed by atoms with Crippen LogP contribution in [0.3, 0.4) is 0 Å². The van der Waals surface area contributed by atoms with Crippen molar-refractivity contribution in [2.45, 2.75) is 51.6 Å². The quantitative estimate of drug-likeness (QED) is 0.753. The first-order valence-electron chi connectivity index (χ1n) is 5.88. The Morgan fingerprint density at radius 2 is 2.00 bits per heavy atom. The Bertz CT molecular complexity index is 299. The second-order valence-electron chi connectivity index (χ2n) is 4.61. The molecule has 0 amide bonds. The van der Waals surface area contributed by atoms with E-state index in [1.54, 1.807) is 0 Å². The summed E-state index contributed by atoms with van der Waals surface area (Å²) in [6, 6.07) is 4.11. The Kier molecular flexibility index (Phi) is 3.24. The van der Waals surface area contributed by atoms with Crippen molar-refractivity contribution >= 4 is 0 Å². The minimum atomic E-state index is 0.405. The van der Waals surface area contributed by atoms with Crippen molar-refractivity contribution < 1.29 is 4.74 Å². The van der Waals surface area contributed by atoms with Crippen molar-refractivity contribution in [1.29, 1.82) is 0 Å². The second-order valence-corrected chi connectivity index (χ2v) is 4.61. The molecule has 2 rings (SSSR count). The molecule has 0 N–H and O–H groups in total. The zero-order chi connectivity index (χ0) is 10.7. The highest BCUT2D eigenvalue weighted by Gasteiger charge is 2.16. The van der Waals surface area contributed by atoms with Crippen LogP contribution in [0.15, 0.2) is 18.3 Å². The lowest BCUT2D eigenvalue weighted by atomic mass is 10.1. The van der Waals surface area contributed by atoms with E-state index in [4.69, 9.17) is 4.74 Å². The van der Waals surface area contributed by atoms with Crippen molar-refractivity contribution in [1.82, 2.24) is 4.98 Å². The van der Waals surface area contributed by atoms with Gasteiger partial charge in [0.05, 0.1) is 0 Å². The molecule has 0 bridgehead atoms. The van der Waals surface area contributed by atoms with E-state index in [2.05, 4.69) is 24.9 Å². The molecule has 15 heavy (non-hydrogen) atoms. The molecule has 0 spiro atoms. The third-order valence-corrected chi connectivity index (χ3v) is 3.02. The fourth-order valence-corrected chi connectivity index (χ4v) is 1.98. The van der Waals surface area contributed by atoms with E-state index < -0.39 is 0 Å². The lowest BCUT2D eigenvalue weighted by Crippen LogP contribution is -2.11. The van der Waals surface area contributed by atoms with Gasteiger partial charge in [-0.2, -0.15) is 0 Å². The topological polar surface area (TPSA) is 22.1 Å². The van der Waals surface area contributed by atoms with Crippen LogP contribution in [-0.4, -0.2) is 11.1 Å². The van der Waals surface area contributed by atoms with Gasteiger partial charge in [0.2, 0.25) is 5.88 Å². The zero-order valence-electron chi connectivity index (χ0n) is 9.57. The van der Waals surface area contributed by atoms with Gasteiger partial charge in [0, 0.05) is 12.3 Å². The molecule has 0 saturated heterocycles. The number of pyridine rings is 1. The van der Waals surface area contributed by atoms with Gasteiger partial charge in [-0.15, -0.1) is 0 Å². The van der Waals surface area contributed by atoms with Crippen molar-refractivity contribution in [2.24, 2.45) is 0 Å². The lowest BCUT2D eigenvalue weighted by molar-refractivity contribution is 0.201. The molecular formula is C13H19NO. The molecule has 0 aliphatic heterocycles. The van der Waals surface area contributed by atoms with Crippen LogP contribution in [0, 0.1) is 0 Å². The Labute approximate surface area is 91.7 Å². The Morgan fingerprint density at radius 3 is 2.53 bits per heavy atom. The van der Waals surface area contributed by atoms with Crippen LogP contribution in [0.5, 0.6) is 5.88 Å². The number of hydrogen-bond acceptors (Lipinski definition) is 2. The summed E-state index contributed by atoms with van der Waals surface area (Å²) in [4.78, 5) is 4.34. The van der Waals surface area contributed by atoms with E-state index >= 15 is 0 Å². The first-order chi connectivity index (χ1) is 7.25. The fraction of sp³-hybridized carbons (Fsp3) is 0.615. The summed E-state index contributed by atoms with van der Waals surface area (Å²) in [5.74, 6) is 1.32. The number of hydrogen-bond donors (Lipinski definition) is 0. The summed E-state index contributed by atoms with van der Waals surface area (Å²) in [5.41, 5.74) is 1.27. The van der Waals surface area contributed by atoms with E-state index in [0.717, 1.165) is 5.88 Å². The Balaban J connectivity index is 1.97. The van der Waals surface area contributed by atoms with Crippen LogP contribution in [0.1, 0.15) is 51.0 Å². The highest BCUT2D eigenvalue weighted by molar-refractivity contribution is 5.20. The van der Waals surface area contributed by atoms with Crippen LogP contribution in [0.25, 0.3) is 0 Å². The van der Waals surface area contributed by atoms with Crippen LogP contribution >= 0.6 is 0 Å². The van der Waals surface area contributed by atoms with Crippen LogP contribution in [-0.2, 0) is 0 Å². The SMILES string of the molecule is CC(C)c1ccc(OC2CCCC2)nc1. The second kappa shape index (κ2) is 4.65. The molecule has 0 atom stereocenters. The highest BCUT2D eigenvalue weighted by Crippen LogP contribution is 2.23. The van der Waals surface area contributed by atoms with Crippen molar-refractivity contribution in [2.75, 3.05) is 0 Å².